The number of aliphatic imine (C=N–C) groups is 1. The zero-order valence-electron chi connectivity index (χ0n) is 14.9. The molecule has 3 aromatic rings. The first kappa shape index (κ1) is 20.2. The smallest absolute Gasteiger partial charge is 0.257 e. The van der Waals surface area contributed by atoms with Crippen LogP contribution in [0.3, 0.4) is 0 Å². The zero-order chi connectivity index (χ0) is 19.8. The summed E-state index contributed by atoms with van der Waals surface area (Å²) in [5.41, 5.74) is 3.87. The summed E-state index contributed by atoms with van der Waals surface area (Å²) in [7, 11) is 1.61. The summed E-state index contributed by atoms with van der Waals surface area (Å²) in [6.07, 6.45) is 0. The van der Waals surface area contributed by atoms with Gasteiger partial charge in [0.05, 0.1) is 29.6 Å². The Labute approximate surface area is 169 Å². The molecule has 3 rings (SSSR count). The van der Waals surface area contributed by atoms with Crippen molar-refractivity contribution in [2.75, 3.05) is 20.3 Å². The van der Waals surface area contributed by atoms with E-state index in [0.717, 1.165) is 15.1 Å². The monoisotopic (exact) mass is 418 g/mol. The van der Waals surface area contributed by atoms with Crippen molar-refractivity contribution in [2.45, 2.75) is 4.90 Å². The molecule has 11 heteroatoms. The molecule has 0 unspecified atom stereocenters. The number of rotatable bonds is 7. The third-order valence-corrected chi connectivity index (χ3v) is 4.85. The minimum absolute atomic E-state index is 0.0393. The minimum atomic E-state index is -0.0393. The van der Waals surface area contributed by atoms with Gasteiger partial charge in [0.1, 0.15) is 12.4 Å². The van der Waals surface area contributed by atoms with Crippen molar-refractivity contribution in [2.24, 2.45) is 21.1 Å². The van der Waals surface area contributed by atoms with Gasteiger partial charge in [-0.2, -0.15) is 0 Å². The molecule has 9 nitrogen and oxygen atoms in total. The second-order valence-corrected chi connectivity index (χ2v) is 7.20. The number of nitrogens with zero attached hydrogens (tertiary/aromatic N) is 4. The number of thiazole rings is 1. The number of azo groups is 1. The summed E-state index contributed by atoms with van der Waals surface area (Å²) < 4.78 is 11.3. The summed E-state index contributed by atoms with van der Waals surface area (Å²) in [6.45, 7) is 0.201. The van der Waals surface area contributed by atoms with Crippen LogP contribution in [-0.2, 0) is 4.18 Å². The Kier molecular flexibility index (Phi) is 7.28. The Morgan fingerprint density at radius 1 is 1.29 bits per heavy atom. The third kappa shape index (κ3) is 5.47. The van der Waals surface area contributed by atoms with E-state index in [-0.39, 0.29) is 19.2 Å². The van der Waals surface area contributed by atoms with Crippen molar-refractivity contribution in [3.63, 3.8) is 0 Å². The largest absolute Gasteiger partial charge is 0.491 e. The van der Waals surface area contributed by atoms with Gasteiger partial charge in [0.25, 0.3) is 5.96 Å². The molecule has 0 aliphatic carbocycles. The fourth-order valence-electron chi connectivity index (χ4n) is 2.16. The molecule has 0 saturated heterocycles. The van der Waals surface area contributed by atoms with Crippen LogP contribution in [0.2, 0.25) is 0 Å². The topological polar surface area (TPSA) is 127 Å². The van der Waals surface area contributed by atoms with Crippen LogP contribution in [0.25, 0.3) is 10.2 Å². The molecular weight excluding hydrogens is 400 g/mol. The van der Waals surface area contributed by atoms with Crippen molar-refractivity contribution in [1.82, 2.24) is 10.4 Å². The second-order valence-electron chi connectivity index (χ2n) is 5.22. The predicted octanol–water partition coefficient (Wildman–Crippen LogP) is 3.56. The van der Waals surface area contributed by atoms with Crippen molar-refractivity contribution < 1.29 is 14.0 Å². The first-order valence-electron chi connectivity index (χ1n) is 8.14. The van der Waals surface area contributed by atoms with E-state index in [4.69, 9.17) is 19.9 Å². The van der Waals surface area contributed by atoms with Crippen LogP contribution in [0.4, 0.5) is 10.8 Å². The number of hydrogen-bond acceptors (Lipinski definition) is 9. The molecule has 0 atom stereocenters. The maximum absolute atomic E-state index is 8.84. The molecule has 0 bridgehead atoms. The van der Waals surface area contributed by atoms with Crippen molar-refractivity contribution in [1.29, 1.82) is 0 Å². The summed E-state index contributed by atoms with van der Waals surface area (Å²) in [5.74, 6) is 6.30. The highest BCUT2D eigenvalue weighted by molar-refractivity contribution is 7.94. The molecule has 0 fully saturated rings. The highest BCUT2D eigenvalue weighted by Gasteiger charge is 2.05. The molecule has 0 spiro atoms. The van der Waals surface area contributed by atoms with Crippen molar-refractivity contribution in [3.8, 4) is 5.75 Å². The number of benzene rings is 2. The van der Waals surface area contributed by atoms with Crippen LogP contribution in [-0.4, -0.2) is 36.4 Å². The van der Waals surface area contributed by atoms with E-state index in [9.17, 15) is 0 Å². The fourth-order valence-corrected chi connectivity index (χ4v) is 3.41. The molecule has 0 radical (unpaired) electrons. The van der Waals surface area contributed by atoms with Gasteiger partial charge in [-0.15, -0.1) is 10.2 Å². The summed E-state index contributed by atoms with van der Waals surface area (Å²) in [4.78, 5) is 9.65. The number of aliphatic hydroxyl groups excluding tert-OH is 1. The first-order chi connectivity index (χ1) is 13.7. The van der Waals surface area contributed by atoms with E-state index >= 15 is 0 Å². The summed E-state index contributed by atoms with van der Waals surface area (Å²) in [6, 6.07) is 12.9. The van der Waals surface area contributed by atoms with Gasteiger partial charge in [-0.05, 0) is 42.5 Å². The lowest BCUT2D eigenvalue weighted by molar-refractivity contribution is 0.201. The number of aromatic nitrogens is 1. The lowest BCUT2D eigenvalue weighted by Gasteiger charge is -2.02. The fraction of sp³-hybridized carbons (Fsp3) is 0.176. The molecule has 2 aromatic carbocycles. The van der Waals surface area contributed by atoms with Gasteiger partial charge < -0.3 is 14.0 Å². The molecule has 1 heterocycles. The third-order valence-electron chi connectivity index (χ3n) is 3.32. The number of hydrazine groups is 1. The number of nitrogens with one attached hydrogen (secondary N) is 1. The van der Waals surface area contributed by atoms with E-state index in [0.29, 0.717) is 16.6 Å². The number of aliphatic hydroxyl groups is 1. The average molecular weight is 419 g/mol. The quantitative estimate of drug-likeness (QED) is 0.134. The molecule has 1 aromatic heterocycles. The SMILES string of the molecule is COSc1ccc(N=C(N=Nc2nc3ccc(OCCO)cc3s2)NN)cc1. The Hall–Kier alpha value is -2.57. The van der Waals surface area contributed by atoms with Gasteiger partial charge in [-0.1, -0.05) is 11.3 Å². The van der Waals surface area contributed by atoms with E-state index in [1.54, 1.807) is 13.2 Å². The normalized spacial score (nSPS) is 12.0. The van der Waals surface area contributed by atoms with Crippen LogP contribution < -0.4 is 16.0 Å². The Morgan fingerprint density at radius 3 is 2.82 bits per heavy atom. The number of nitrogens with two attached hydrogens (primary N) is 1. The van der Waals surface area contributed by atoms with Crippen LogP contribution in [0.1, 0.15) is 0 Å². The Morgan fingerprint density at radius 2 is 2.11 bits per heavy atom. The minimum Gasteiger partial charge on any atom is -0.491 e. The first-order valence-corrected chi connectivity index (χ1v) is 9.69. The van der Waals surface area contributed by atoms with Gasteiger partial charge in [-0.3, -0.25) is 5.43 Å². The number of fused-ring (bicyclic) bond motifs is 1. The van der Waals surface area contributed by atoms with Gasteiger partial charge in [0.2, 0.25) is 5.13 Å². The maximum Gasteiger partial charge on any atom is 0.257 e. The van der Waals surface area contributed by atoms with E-state index in [1.165, 1.54) is 23.4 Å². The Balaban J connectivity index is 1.74. The van der Waals surface area contributed by atoms with Crippen LogP contribution >= 0.6 is 23.4 Å². The molecule has 0 saturated carbocycles. The van der Waals surface area contributed by atoms with E-state index in [1.807, 2.05) is 36.4 Å². The molecule has 146 valence electrons. The summed E-state index contributed by atoms with van der Waals surface area (Å²) >= 11 is 2.62. The number of guanidine groups is 1. The van der Waals surface area contributed by atoms with Gasteiger partial charge in [0.15, 0.2) is 0 Å². The van der Waals surface area contributed by atoms with Crippen LogP contribution in [0.5, 0.6) is 5.75 Å². The standard InChI is InChI=1S/C17H18N6O3S2/c1-25-28-13-5-2-11(3-6-13)19-16(21-18)22-23-17-20-14-7-4-12(26-9-8-24)10-15(14)27-17/h2-7,10,24H,8-9,18H2,1H3,(H,19,21). The zero-order valence-corrected chi connectivity index (χ0v) is 16.5. The molecular formula is C17H18N6O3S2. The predicted molar refractivity (Wildman–Crippen MR) is 110 cm³/mol. The summed E-state index contributed by atoms with van der Waals surface area (Å²) in [5, 5.41) is 17.4. The lowest BCUT2D eigenvalue weighted by atomic mass is 10.3. The molecule has 0 aliphatic heterocycles. The number of hydrogen-bond donors (Lipinski definition) is 3. The highest BCUT2D eigenvalue weighted by atomic mass is 32.2. The van der Waals surface area contributed by atoms with E-state index < -0.39 is 0 Å². The number of ether oxygens (including phenoxy) is 1. The average Bonchev–Trinajstić information content (AvgIpc) is 3.13. The van der Waals surface area contributed by atoms with Gasteiger partial charge in [0, 0.05) is 16.9 Å². The molecule has 0 amide bonds. The van der Waals surface area contributed by atoms with Gasteiger partial charge in [-0.25, -0.2) is 15.8 Å². The van der Waals surface area contributed by atoms with Crippen molar-refractivity contribution >= 4 is 50.4 Å². The molecule has 4 N–H and O–H groups in total. The van der Waals surface area contributed by atoms with E-state index in [2.05, 4.69) is 25.6 Å². The molecule has 0 aliphatic rings. The second kappa shape index (κ2) is 10.1. The Bertz CT molecular complexity index is 975. The highest BCUT2D eigenvalue weighted by Crippen LogP contribution is 2.31. The maximum atomic E-state index is 8.84. The molecule has 28 heavy (non-hydrogen) atoms. The lowest BCUT2D eigenvalue weighted by Crippen LogP contribution is -2.28. The van der Waals surface area contributed by atoms with Crippen molar-refractivity contribution in [3.05, 3.63) is 42.5 Å². The van der Waals surface area contributed by atoms with Gasteiger partial charge >= 0.3 is 0 Å². The van der Waals surface area contributed by atoms with Crippen LogP contribution in [0, 0.1) is 0 Å². The van der Waals surface area contributed by atoms with Crippen LogP contribution in [0.15, 0.2) is 62.6 Å².